The number of aromatic nitrogens is 3. The van der Waals surface area contributed by atoms with Crippen molar-refractivity contribution in [3.8, 4) is 0 Å². The molecule has 2 rings (SSSR count). The predicted molar refractivity (Wildman–Crippen MR) is 58.8 cm³/mol. The van der Waals surface area contributed by atoms with Crippen LogP contribution in [-0.4, -0.2) is 32.8 Å². The van der Waals surface area contributed by atoms with Crippen molar-refractivity contribution in [2.75, 3.05) is 6.61 Å². The lowest BCUT2D eigenvalue weighted by Crippen LogP contribution is -2.25. The summed E-state index contributed by atoms with van der Waals surface area (Å²) in [7, 11) is 0. The summed E-state index contributed by atoms with van der Waals surface area (Å²) < 4.78 is 7.33. The van der Waals surface area contributed by atoms with Crippen LogP contribution in [0.4, 0.5) is 0 Å². The van der Waals surface area contributed by atoms with E-state index in [1.807, 2.05) is 0 Å². The molecular formula is C11H19N3O2. The molecule has 16 heavy (non-hydrogen) atoms. The molecule has 0 aromatic carbocycles. The molecule has 0 spiro atoms. The molecule has 90 valence electrons. The van der Waals surface area contributed by atoms with Crippen LogP contribution < -0.4 is 0 Å². The van der Waals surface area contributed by atoms with Gasteiger partial charge in [0.15, 0.2) is 0 Å². The van der Waals surface area contributed by atoms with E-state index in [4.69, 9.17) is 4.74 Å². The number of aliphatic hydroxyl groups excluding tert-OH is 1. The number of ether oxygens (including phenoxy) is 1. The van der Waals surface area contributed by atoms with Gasteiger partial charge in [0.1, 0.15) is 6.10 Å². The first-order valence-corrected chi connectivity index (χ1v) is 5.92. The Kier molecular flexibility index (Phi) is 3.56. The second-order valence-electron chi connectivity index (χ2n) is 4.43. The fraction of sp³-hybridized carbons (Fsp3) is 0.818. The summed E-state index contributed by atoms with van der Waals surface area (Å²) >= 11 is 0. The first-order valence-electron chi connectivity index (χ1n) is 5.92. The number of aryl methyl sites for hydroxylation is 1. The number of hydrogen-bond donors (Lipinski definition) is 1. The van der Waals surface area contributed by atoms with Crippen molar-refractivity contribution in [2.24, 2.45) is 5.92 Å². The molecule has 3 atom stereocenters. The van der Waals surface area contributed by atoms with Gasteiger partial charge in [0.2, 0.25) is 0 Å². The standard InChI is InChI=1S/C11H19N3O2/c1-3-5-14-9(7-12-13-14)10(15)11-8(2)4-6-16-11/h7-8,10-11,15H,3-6H2,1-2H3. The quantitative estimate of drug-likeness (QED) is 0.835. The van der Waals surface area contributed by atoms with Crippen molar-refractivity contribution >= 4 is 0 Å². The van der Waals surface area contributed by atoms with Crippen LogP contribution >= 0.6 is 0 Å². The summed E-state index contributed by atoms with van der Waals surface area (Å²) in [6, 6.07) is 0. The molecule has 1 aromatic rings. The highest BCUT2D eigenvalue weighted by Gasteiger charge is 2.33. The molecule has 1 aliphatic rings. The van der Waals surface area contributed by atoms with Gasteiger partial charge >= 0.3 is 0 Å². The minimum absolute atomic E-state index is 0.117. The third-order valence-corrected chi connectivity index (χ3v) is 3.14. The minimum atomic E-state index is -0.612. The lowest BCUT2D eigenvalue weighted by molar-refractivity contribution is -0.0219. The maximum absolute atomic E-state index is 10.3. The second kappa shape index (κ2) is 4.93. The van der Waals surface area contributed by atoms with Crippen molar-refractivity contribution in [3.63, 3.8) is 0 Å². The van der Waals surface area contributed by atoms with Gasteiger partial charge in [-0.2, -0.15) is 0 Å². The monoisotopic (exact) mass is 225 g/mol. The number of rotatable bonds is 4. The highest BCUT2D eigenvalue weighted by atomic mass is 16.5. The summed E-state index contributed by atoms with van der Waals surface area (Å²) in [4.78, 5) is 0. The van der Waals surface area contributed by atoms with Gasteiger partial charge in [-0.3, -0.25) is 0 Å². The molecule has 1 aliphatic heterocycles. The minimum Gasteiger partial charge on any atom is -0.384 e. The van der Waals surface area contributed by atoms with Crippen LogP contribution in [0.25, 0.3) is 0 Å². The zero-order valence-corrected chi connectivity index (χ0v) is 9.83. The van der Waals surface area contributed by atoms with Crippen LogP contribution in [-0.2, 0) is 11.3 Å². The number of nitrogens with zero attached hydrogens (tertiary/aromatic N) is 3. The third kappa shape index (κ3) is 2.10. The molecule has 0 bridgehead atoms. The summed E-state index contributed by atoms with van der Waals surface area (Å²) in [6.07, 6.45) is 2.89. The smallest absolute Gasteiger partial charge is 0.124 e. The van der Waals surface area contributed by atoms with E-state index < -0.39 is 6.10 Å². The lowest BCUT2D eigenvalue weighted by Gasteiger charge is -2.21. The van der Waals surface area contributed by atoms with Crippen molar-refractivity contribution in [1.82, 2.24) is 15.0 Å². The van der Waals surface area contributed by atoms with Gasteiger partial charge in [-0.25, -0.2) is 4.68 Å². The Bertz CT molecular complexity index is 340. The van der Waals surface area contributed by atoms with E-state index in [0.29, 0.717) is 5.92 Å². The highest BCUT2D eigenvalue weighted by molar-refractivity contribution is 5.03. The molecular weight excluding hydrogens is 206 g/mol. The van der Waals surface area contributed by atoms with Gasteiger partial charge in [-0.15, -0.1) is 5.10 Å². The van der Waals surface area contributed by atoms with E-state index in [1.165, 1.54) is 0 Å². The van der Waals surface area contributed by atoms with Gasteiger partial charge in [-0.05, 0) is 18.8 Å². The van der Waals surface area contributed by atoms with Crippen molar-refractivity contribution in [3.05, 3.63) is 11.9 Å². The number of aliphatic hydroxyl groups is 1. The molecule has 3 unspecified atom stereocenters. The van der Waals surface area contributed by atoms with Crippen molar-refractivity contribution < 1.29 is 9.84 Å². The lowest BCUT2D eigenvalue weighted by atomic mass is 9.98. The van der Waals surface area contributed by atoms with E-state index >= 15 is 0 Å². The van der Waals surface area contributed by atoms with Crippen LogP contribution in [0, 0.1) is 5.92 Å². The van der Waals surface area contributed by atoms with Crippen molar-refractivity contribution in [1.29, 1.82) is 0 Å². The van der Waals surface area contributed by atoms with E-state index in [-0.39, 0.29) is 6.10 Å². The molecule has 1 aromatic heterocycles. The Balaban J connectivity index is 2.13. The van der Waals surface area contributed by atoms with Crippen LogP contribution in [0.15, 0.2) is 6.20 Å². The maximum atomic E-state index is 10.3. The van der Waals surface area contributed by atoms with Gasteiger partial charge in [-0.1, -0.05) is 19.1 Å². The Morgan fingerprint density at radius 2 is 2.50 bits per heavy atom. The number of hydrogen-bond acceptors (Lipinski definition) is 4. The maximum Gasteiger partial charge on any atom is 0.124 e. The van der Waals surface area contributed by atoms with Gasteiger partial charge in [0.25, 0.3) is 0 Å². The van der Waals surface area contributed by atoms with E-state index in [2.05, 4.69) is 24.2 Å². The zero-order valence-electron chi connectivity index (χ0n) is 9.83. The van der Waals surface area contributed by atoms with E-state index in [1.54, 1.807) is 10.9 Å². The first kappa shape index (κ1) is 11.5. The molecule has 5 nitrogen and oxygen atoms in total. The van der Waals surface area contributed by atoms with Crippen molar-refractivity contribution in [2.45, 2.75) is 45.4 Å². The normalized spacial score (nSPS) is 27.2. The Morgan fingerprint density at radius 3 is 3.12 bits per heavy atom. The van der Waals surface area contributed by atoms with Gasteiger partial charge in [0.05, 0.1) is 18.0 Å². The first-order chi connectivity index (χ1) is 7.74. The summed E-state index contributed by atoms with van der Waals surface area (Å²) in [5, 5.41) is 18.1. The van der Waals surface area contributed by atoms with Crippen LogP contribution in [0.5, 0.6) is 0 Å². The van der Waals surface area contributed by atoms with E-state index in [0.717, 1.165) is 31.7 Å². The topological polar surface area (TPSA) is 60.2 Å². The fourth-order valence-electron chi connectivity index (χ4n) is 2.17. The van der Waals surface area contributed by atoms with Crippen LogP contribution in [0.3, 0.4) is 0 Å². The third-order valence-electron chi connectivity index (χ3n) is 3.14. The van der Waals surface area contributed by atoms with Gasteiger partial charge in [0, 0.05) is 13.2 Å². The Labute approximate surface area is 95.4 Å². The van der Waals surface area contributed by atoms with Gasteiger partial charge < -0.3 is 9.84 Å². The average Bonchev–Trinajstić information content (AvgIpc) is 2.87. The Hall–Kier alpha value is -0.940. The summed E-state index contributed by atoms with van der Waals surface area (Å²) in [6.45, 7) is 5.70. The summed E-state index contributed by atoms with van der Waals surface area (Å²) in [5.41, 5.74) is 0.764. The predicted octanol–water partition coefficient (Wildman–Crippen LogP) is 1.15. The molecule has 1 fully saturated rings. The van der Waals surface area contributed by atoms with E-state index in [9.17, 15) is 5.11 Å². The molecule has 0 radical (unpaired) electrons. The second-order valence-corrected chi connectivity index (χ2v) is 4.43. The Morgan fingerprint density at radius 1 is 1.69 bits per heavy atom. The molecule has 0 amide bonds. The molecule has 2 heterocycles. The molecule has 0 saturated carbocycles. The van der Waals surface area contributed by atoms with Crippen LogP contribution in [0.2, 0.25) is 0 Å². The average molecular weight is 225 g/mol. The largest absolute Gasteiger partial charge is 0.384 e. The SMILES string of the molecule is CCCn1nncc1C(O)C1OCCC1C. The molecule has 0 aliphatic carbocycles. The van der Waals surface area contributed by atoms with Crippen LogP contribution in [0.1, 0.15) is 38.5 Å². The molecule has 1 saturated heterocycles. The molecule has 1 N–H and O–H groups in total. The summed E-state index contributed by atoms with van der Waals surface area (Å²) in [5.74, 6) is 0.389. The fourth-order valence-corrected chi connectivity index (χ4v) is 2.17. The molecule has 5 heteroatoms. The highest BCUT2D eigenvalue weighted by Crippen LogP contribution is 2.30. The zero-order chi connectivity index (χ0) is 11.5.